The summed E-state index contributed by atoms with van der Waals surface area (Å²) in [5.74, 6) is -0.536. The number of morpholine rings is 1. The Kier molecular flexibility index (Phi) is 5.82. The molecule has 0 bridgehead atoms. The maximum absolute atomic E-state index is 12.9. The van der Waals surface area contributed by atoms with Crippen LogP contribution in [0, 0.1) is 0 Å². The molecule has 2 aromatic carbocycles. The Labute approximate surface area is 178 Å². The molecular weight excluding hydrogens is 430 g/mol. The van der Waals surface area contributed by atoms with E-state index in [9.17, 15) is 13.2 Å². The first-order valence-electron chi connectivity index (χ1n) is 9.09. The SMILES string of the molecule is O=C(Nc1ccccc1-n1cncn1)c1cc(S(=O)(=O)N2CCOCC2)ccc1Cl. The number of hydrogen-bond acceptors (Lipinski definition) is 6. The summed E-state index contributed by atoms with van der Waals surface area (Å²) >= 11 is 6.22. The molecule has 3 aromatic rings. The Morgan fingerprint density at radius 3 is 2.63 bits per heavy atom. The van der Waals surface area contributed by atoms with Gasteiger partial charge in [-0.1, -0.05) is 23.7 Å². The predicted octanol–water partition coefficient (Wildman–Crippen LogP) is 2.19. The largest absolute Gasteiger partial charge is 0.379 e. The van der Waals surface area contributed by atoms with Crippen molar-refractivity contribution in [3.8, 4) is 5.69 Å². The van der Waals surface area contributed by atoms with Crippen molar-refractivity contribution in [2.45, 2.75) is 4.90 Å². The van der Waals surface area contributed by atoms with Crippen LogP contribution in [0.3, 0.4) is 0 Å². The van der Waals surface area contributed by atoms with E-state index in [0.29, 0.717) is 24.6 Å². The third-order valence-corrected chi connectivity index (χ3v) is 6.83. The molecule has 4 rings (SSSR count). The fraction of sp³-hybridized carbons (Fsp3) is 0.211. The lowest BCUT2D eigenvalue weighted by Gasteiger charge is -2.26. The van der Waals surface area contributed by atoms with Crippen LogP contribution in [0.1, 0.15) is 10.4 Å². The monoisotopic (exact) mass is 447 g/mol. The molecule has 1 amide bonds. The van der Waals surface area contributed by atoms with E-state index in [0.717, 1.165) is 0 Å². The molecule has 1 saturated heterocycles. The second-order valence-electron chi connectivity index (χ2n) is 6.47. The van der Waals surface area contributed by atoms with Gasteiger partial charge in [0.15, 0.2) is 0 Å². The Morgan fingerprint density at radius 1 is 1.13 bits per heavy atom. The fourth-order valence-electron chi connectivity index (χ4n) is 3.08. The molecule has 0 saturated carbocycles. The molecule has 9 nitrogen and oxygen atoms in total. The van der Waals surface area contributed by atoms with Crippen LogP contribution < -0.4 is 5.32 Å². The Hall–Kier alpha value is -2.79. The molecule has 30 heavy (non-hydrogen) atoms. The van der Waals surface area contributed by atoms with Crippen molar-refractivity contribution in [3.63, 3.8) is 0 Å². The molecule has 2 heterocycles. The highest BCUT2D eigenvalue weighted by atomic mass is 35.5. The summed E-state index contributed by atoms with van der Waals surface area (Å²) in [7, 11) is -3.76. The number of aromatic nitrogens is 3. The van der Waals surface area contributed by atoms with Crippen LogP contribution in [0.4, 0.5) is 5.69 Å². The van der Waals surface area contributed by atoms with Gasteiger partial charge < -0.3 is 10.1 Å². The van der Waals surface area contributed by atoms with Gasteiger partial charge in [-0.3, -0.25) is 4.79 Å². The smallest absolute Gasteiger partial charge is 0.257 e. The summed E-state index contributed by atoms with van der Waals surface area (Å²) in [5, 5.41) is 6.99. The topological polar surface area (TPSA) is 106 Å². The van der Waals surface area contributed by atoms with Crippen molar-refractivity contribution in [3.05, 3.63) is 65.7 Å². The summed E-state index contributed by atoms with van der Waals surface area (Å²) in [5.41, 5.74) is 1.14. The van der Waals surface area contributed by atoms with E-state index in [2.05, 4.69) is 15.4 Å². The molecule has 1 aliphatic rings. The minimum absolute atomic E-state index is 0.00325. The number of carbonyl (C=O) groups is 1. The average molecular weight is 448 g/mol. The standard InChI is InChI=1S/C19H18ClN5O4S/c20-16-6-5-14(30(27,28)24-7-9-29-10-8-24)11-15(16)19(26)23-17-3-1-2-4-18(17)25-13-21-12-22-25/h1-6,11-13H,7-10H2,(H,23,26). The molecule has 0 aliphatic carbocycles. The zero-order chi connectivity index (χ0) is 21.1. The summed E-state index contributed by atoms with van der Waals surface area (Å²) < 4.78 is 33.9. The molecule has 11 heteroatoms. The Morgan fingerprint density at radius 2 is 1.90 bits per heavy atom. The minimum Gasteiger partial charge on any atom is -0.379 e. The Balaban J connectivity index is 1.64. The number of nitrogens with one attached hydrogen (secondary N) is 1. The second-order valence-corrected chi connectivity index (χ2v) is 8.81. The van der Waals surface area contributed by atoms with Crippen LogP contribution in [0.25, 0.3) is 5.69 Å². The van der Waals surface area contributed by atoms with Crippen molar-refractivity contribution in [1.82, 2.24) is 19.1 Å². The van der Waals surface area contributed by atoms with Crippen LogP contribution in [0.15, 0.2) is 60.0 Å². The number of ether oxygens (including phenoxy) is 1. The van der Waals surface area contributed by atoms with Crippen molar-refractivity contribution >= 4 is 33.2 Å². The van der Waals surface area contributed by atoms with Crippen LogP contribution in [-0.2, 0) is 14.8 Å². The molecule has 156 valence electrons. The molecule has 0 unspecified atom stereocenters. The van der Waals surface area contributed by atoms with Gasteiger partial charge in [-0.05, 0) is 30.3 Å². The van der Waals surface area contributed by atoms with E-state index in [-0.39, 0.29) is 28.6 Å². The molecule has 0 radical (unpaired) electrons. The quantitative estimate of drug-likeness (QED) is 0.642. The lowest BCUT2D eigenvalue weighted by atomic mass is 10.2. The van der Waals surface area contributed by atoms with Gasteiger partial charge in [-0.25, -0.2) is 18.1 Å². The molecule has 1 aliphatic heterocycles. The van der Waals surface area contributed by atoms with Gasteiger partial charge in [0, 0.05) is 13.1 Å². The summed E-state index contributed by atoms with van der Waals surface area (Å²) in [6.45, 7) is 1.19. The number of anilines is 1. The van der Waals surface area contributed by atoms with E-state index in [4.69, 9.17) is 16.3 Å². The number of benzene rings is 2. The number of nitrogens with zero attached hydrogens (tertiary/aromatic N) is 4. The normalized spacial score (nSPS) is 15.1. The first-order chi connectivity index (χ1) is 14.5. The molecule has 0 atom stereocenters. The number of hydrogen-bond donors (Lipinski definition) is 1. The van der Waals surface area contributed by atoms with Gasteiger partial charge in [0.1, 0.15) is 12.7 Å². The molecule has 0 spiro atoms. The van der Waals surface area contributed by atoms with Crippen molar-refractivity contribution < 1.29 is 17.9 Å². The molecule has 1 fully saturated rings. The second kappa shape index (κ2) is 8.52. The molecule has 1 aromatic heterocycles. The fourth-order valence-corrected chi connectivity index (χ4v) is 4.71. The zero-order valence-corrected chi connectivity index (χ0v) is 17.3. The first kappa shape index (κ1) is 20.5. The van der Waals surface area contributed by atoms with E-state index in [1.165, 1.54) is 39.8 Å². The number of halogens is 1. The van der Waals surface area contributed by atoms with Gasteiger partial charge in [0.2, 0.25) is 10.0 Å². The van der Waals surface area contributed by atoms with E-state index < -0.39 is 15.9 Å². The van der Waals surface area contributed by atoms with Gasteiger partial charge in [-0.2, -0.15) is 9.40 Å². The highest BCUT2D eigenvalue weighted by Crippen LogP contribution is 2.26. The third kappa shape index (κ3) is 4.08. The van der Waals surface area contributed by atoms with Crippen molar-refractivity contribution in [1.29, 1.82) is 0 Å². The lowest BCUT2D eigenvalue weighted by Crippen LogP contribution is -2.40. The van der Waals surface area contributed by atoms with Crippen LogP contribution in [-0.4, -0.2) is 59.7 Å². The average Bonchev–Trinajstić information content (AvgIpc) is 3.29. The highest BCUT2D eigenvalue weighted by Gasteiger charge is 2.27. The molecular formula is C19H18ClN5O4S. The van der Waals surface area contributed by atoms with Gasteiger partial charge >= 0.3 is 0 Å². The third-order valence-electron chi connectivity index (χ3n) is 4.61. The van der Waals surface area contributed by atoms with Gasteiger partial charge in [0.25, 0.3) is 5.91 Å². The summed E-state index contributed by atoms with van der Waals surface area (Å²) in [6.07, 6.45) is 2.89. The van der Waals surface area contributed by atoms with Crippen LogP contribution in [0.5, 0.6) is 0 Å². The highest BCUT2D eigenvalue weighted by molar-refractivity contribution is 7.89. The summed E-state index contributed by atoms with van der Waals surface area (Å²) in [4.78, 5) is 16.9. The maximum atomic E-state index is 12.9. The first-order valence-corrected chi connectivity index (χ1v) is 10.9. The zero-order valence-electron chi connectivity index (χ0n) is 15.7. The Bertz CT molecular complexity index is 1160. The van der Waals surface area contributed by atoms with Gasteiger partial charge in [0.05, 0.1) is 40.1 Å². The lowest BCUT2D eigenvalue weighted by molar-refractivity contribution is 0.0730. The number of carbonyl (C=O) groups excluding carboxylic acids is 1. The van der Waals surface area contributed by atoms with E-state index in [1.54, 1.807) is 24.3 Å². The van der Waals surface area contributed by atoms with Crippen LogP contribution in [0.2, 0.25) is 5.02 Å². The van der Waals surface area contributed by atoms with E-state index >= 15 is 0 Å². The number of sulfonamides is 1. The summed E-state index contributed by atoms with van der Waals surface area (Å²) in [6, 6.07) is 11.1. The number of rotatable bonds is 5. The van der Waals surface area contributed by atoms with Crippen LogP contribution >= 0.6 is 11.6 Å². The van der Waals surface area contributed by atoms with Crippen molar-refractivity contribution in [2.24, 2.45) is 0 Å². The molecule has 1 N–H and O–H groups in total. The number of amides is 1. The maximum Gasteiger partial charge on any atom is 0.257 e. The number of para-hydroxylation sites is 2. The van der Waals surface area contributed by atoms with Gasteiger partial charge in [-0.15, -0.1) is 0 Å². The predicted molar refractivity (Wildman–Crippen MR) is 110 cm³/mol. The van der Waals surface area contributed by atoms with E-state index in [1.807, 2.05) is 0 Å². The minimum atomic E-state index is -3.76. The van der Waals surface area contributed by atoms with Crippen molar-refractivity contribution in [2.75, 3.05) is 31.6 Å².